The number of benzene rings is 1. The summed E-state index contributed by atoms with van der Waals surface area (Å²) in [6.07, 6.45) is 0.409. The Balaban J connectivity index is 2.81. The molecule has 0 heterocycles. The number of amides is 1. The quantitative estimate of drug-likeness (QED) is 0.877. The average molecular weight is 304 g/mol. The number of hydrogen-bond donors (Lipinski definition) is 2. The molecule has 0 saturated heterocycles. The second-order valence-corrected chi connectivity index (χ2v) is 5.29. The molecule has 1 amide bonds. The van der Waals surface area contributed by atoms with Gasteiger partial charge in [0.1, 0.15) is 0 Å². The molecule has 0 saturated carbocycles. The molecule has 1 aromatic rings. The number of nitrogens with one attached hydrogen (secondary N) is 1. The van der Waals surface area contributed by atoms with Crippen LogP contribution in [0.5, 0.6) is 0 Å². The fourth-order valence-corrected chi connectivity index (χ4v) is 1.79. The van der Waals surface area contributed by atoms with Gasteiger partial charge in [0.15, 0.2) is 0 Å². The molecule has 1 atom stereocenters. The van der Waals surface area contributed by atoms with Crippen LogP contribution in [0.2, 0.25) is 10.0 Å². The van der Waals surface area contributed by atoms with Gasteiger partial charge in [-0.25, -0.2) is 0 Å². The van der Waals surface area contributed by atoms with E-state index >= 15 is 0 Å². The Bertz CT molecular complexity index is 505. The molecule has 0 aliphatic heterocycles. The standard InChI is InChI=1S/C13H15Cl2NO3/c1-3-13(2,12(18)19)7-16-11(17)8-5-4-6-9(14)10(8)15/h4-6H,3,7H2,1-2H3,(H,16,17)(H,18,19). The van der Waals surface area contributed by atoms with Crippen molar-refractivity contribution in [2.24, 2.45) is 5.41 Å². The van der Waals surface area contributed by atoms with Crippen LogP contribution in [-0.2, 0) is 4.79 Å². The van der Waals surface area contributed by atoms with Crippen LogP contribution in [-0.4, -0.2) is 23.5 Å². The number of hydrogen-bond acceptors (Lipinski definition) is 2. The molecule has 0 spiro atoms. The number of carboxylic acid groups (broad SMARTS) is 1. The highest BCUT2D eigenvalue weighted by Crippen LogP contribution is 2.26. The predicted molar refractivity (Wildman–Crippen MR) is 74.8 cm³/mol. The lowest BCUT2D eigenvalue weighted by Gasteiger charge is -2.23. The van der Waals surface area contributed by atoms with Crippen molar-refractivity contribution in [1.29, 1.82) is 0 Å². The number of aliphatic carboxylic acids is 1. The van der Waals surface area contributed by atoms with Crippen molar-refractivity contribution in [1.82, 2.24) is 5.32 Å². The molecule has 0 aliphatic carbocycles. The van der Waals surface area contributed by atoms with Crippen LogP contribution < -0.4 is 5.32 Å². The fraction of sp³-hybridized carbons (Fsp3) is 0.385. The Labute approximate surface area is 121 Å². The normalized spacial score (nSPS) is 13.7. The summed E-state index contributed by atoms with van der Waals surface area (Å²) >= 11 is 11.7. The smallest absolute Gasteiger partial charge is 0.311 e. The van der Waals surface area contributed by atoms with Crippen LogP contribution in [0.25, 0.3) is 0 Å². The molecule has 0 aromatic heterocycles. The van der Waals surface area contributed by atoms with Crippen LogP contribution in [0.15, 0.2) is 18.2 Å². The van der Waals surface area contributed by atoms with E-state index in [9.17, 15) is 9.59 Å². The molecule has 1 rings (SSSR count). The molecule has 0 fully saturated rings. The van der Waals surface area contributed by atoms with E-state index in [0.717, 1.165) is 0 Å². The van der Waals surface area contributed by atoms with Gasteiger partial charge in [-0.2, -0.15) is 0 Å². The number of rotatable bonds is 5. The highest BCUT2D eigenvalue weighted by atomic mass is 35.5. The third-order valence-electron chi connectivity index (χ3n) is 3.13. The van der Waals surface area contributed by atoms with Gasteiger partial charge in [-0.1, -0.05) is 36.2 Å². The van der Waals surface area contributed by atoms with E-state index in [4.69, 9.17) is 28.3 Å². The molecule has 6 heteroatoms. The summed E-state index contributed by atoms with van der Waals surface area (Å²) in [5, 5.41) is 12.1. The molecular weight excluding hydrogens is 289 g/mol. The zero-order valence-corrected chi connectivity index (χ0v) is 12.2. The second-order valence-electron chi connectivity index (χ2n) is 4.50. The monoisotopic (exact) mass is 303 g/mol. The molecule has 19 heavy (non-hydrogen) atoms. The zero-order chi connectivity index (χ0) is 14.6. The predicted octanol–water partition coefficient (Wildman–Crippen LogP) is 3.22. The minimum atomic E-state index is -0.999. The summed E-state index contributed by atoms with van der Waals surface area (Å²) in [5.74, 6) is -1.39. The van der Waals surface area contributed by atoms with E-state index in [1.807, 2.05) is 0 Å². The van der Waals surface area contributed by atoms with Crippen molar-refractivity contribution in [2.45, 2.75) is 20.3 Å². The molecule has 104 valence electrons. The highest BCUT2D eigenvalue weighted by molar-refractivity contribution is 6.43. The minimum absolute atomic E-state index is 0.0283. The third kappa shape index (κ3) is 3.61. The van der Waals surface area contributed by atoms with Gasteiger partial charge >= 0.3 is 5.97 Å². The van der Waals surface area contributed by atoms with Gasteiger partial charge in [-0.15, -0.1) is 0 Å². The van der Waals surface area contributed by atoms with E-state index in [1.54, 1.807) is 26.0 Å². The summed E-state index contributed by atoms with van der Waals surface area (Å²) in [4.78, 5) is 23.1. The summed E-state index contributed by atoms with van der Waals surface area (Å²) in [5.41, 5.74) is -0.765. The van der Waals surface area contributed by atoms with Crippen LogP contribution in [0, 0.1) is 5.41 Å². The van der Waals surface area contributed by atoms with Gasteiger partial charge in [-0.3, -0.25) is 9.59 Å². The number of halogens is 2. The molecule has 2 N–H and O–H groups in total. The molecule has 0 radical (unpaired) electrons. The van der Waals surface area contributed by atoms with E-state index < -0.39 is 17.3 Å². The maximum Gasteiger partial charge on any atom is 0.311 e. The molecule has 0 aliphatic rings. The van der Waals surface area contributed by atoms with Gasteiger partial charge in [-0.05, 0) is 25.5 Å². The average Bonchev–Trinajstić information content (AvgIpc) is 2.38. The van der Waals surface area contributed by atoms with Crippen molar-refractivity contribution in [2.75, 3.05) is 6.54 Å². The second kappa shape index (κ2) is 6.26. The van der Waals surface area contributed by atoms with E-state index in [1.165, 1.54) is 6.07 Å². The first-order chi connectivity index (χ1) is 8.81. The Morgan fingerprint density at radius 2 is 2.00 bits per heavy atom. The number of carbonyl (C=O) groups is 2. The van der Waals surface area contributed by atoms with Gasteiger partial charge in [0.05, 0.1) is 21.0 Å². The fourth-order valence-electron chi connectivity index (χ4n) is 1.40. The van der Waals surface area contributed by atoms with Gasteiger partial charge in [0.25, 0.3) is 5.91 Å². The lowest BCUT2D eigenvalue weighted by Crippen LogP contribution is -2.40. The highest BCUT2D eigenvalue weighted by Gasteiger charge is 2.31. The first-order valence-electron chi connectivity index (χ1n) is 5.77. The lowest BCUT2D eigenvalue weighted by atomic mass is 9.87. The molecule has 0 bridgehead atoms. The first kappa shape index (κ1) is 15.8. The van der Waals surface area contributed by atoms with E-state index in [2.05, 4.69) is 5.32 Å². The Morgan fingerprint density at radius 3 is 2.53 bits per heavy atom. The van der Waals surface area contributed by atoms with Gasteiger partial charge in [0, 0.05) is 6.54 Å². The lowest BCUT2D eigenvalue weighted by molar-refractivity contribution is -0.147. The first-order valence-corrected chi connectivity index (χ1v) is 6.53. The van der Waals surface area contributed by atoms with Gasteiger partial charge < -0.3 is 10.4 Å². The summed E-state index contributed by atoms with van der Waals surface area (Å²) < 4.78 is 0. The Hall–Kier alpha value is -1.26. The summed E-state index contributed by atoms with van der Waals surface area (Å²) in [6.45, 7) is 3.36. The summed E-state index contributed by atoms with van der Waals surface area (Å²) in [7, 11) is 0. The van der Waals surface area contributed by atoms with Gasteiger partial charge in [0.2, 0.25) is 0 Å². The zero-order valence-electron chi connectivity index (χ0n) is 10.7. The number of carboxylic acids is 1. The van der Waals surface area contributed by atoms with Crippen molar-refractivity contribution >= 4 is 35.1 Å². The molecule has 1 unspecified atom stereocenters. The summed E-state index contributed by atoms with van der Waals surface area (Å²) in [6, 6.07) is 4.72. The van der Waals surface area contributed by atoms with Crippen LogP contribution in [0.3, 0.4) is 0 Å². The largest absolute Gasteiger partial charge is 0.481 e. The third-order valence-corrected chi connectivity index (χ3v) is 3.95. The SMILES string of the molecule is CCC(C)(CNC(=O)c1cccc(Cl)c1Cl)C(=O)O. The molecule has 4 nitrogen and oxygen atoms in total. The van der Waals surface area contributed by atoms with Crippen molar-refractivity contribution in [3.63, 3.8) is 0 Å². The maximum atomic E-state index is 12.0. The number of carbonyl (C=O) groups excluding carboxylic acids is 1. The Kier molecular flexibility index (Phi) is 5.20. The molecule has 1 aromatic carbocycles. The van der Waals surface area contributed by atoms with Crippen molar-refractivity contribution in [3.8, 4) is 0 Å². The van der Waals surface area contributed by atoms with Crippen LogP contribution in [0.1, 0.15) is 30.6 Å². The Morgan fingerprint density at radius 1 is 1.37 bits per heavy atom. The van der Waals surface area contributed by atoms with E-state index in [-0.39, 0.29) is 22.2 Å². The van der Waals surface area contributed by atoms with Crippen molar-refractivity contribution in [3.05, 3.63) is 33.8 Å². The van der Waals surface area contributed by atoms with Crippen LogP contribution >= 0.6 is 23.2 Å². The topological polar surface area (TPSA) is 66.4 Å². The van der Waals surface area contributed by atoms with Crippen LogP contribution in [0.4, 0.5) is 0 Å². The van der Waals surface area contributed by atoms with Crippen molar-refractivity contribution < 1.29 is 14.7 Å². The minimum Gasteiger partial charge on any atom is -0.481 e. The van der Waals surface area contributed by atoms with E-state index in [0.29, 0.717) is 6.42 Å². The maximum absolute atomic E-state index is 12.0. The molecular formula is C13H15Cl2NO3.